The van der Waals surface area contributed by atoms with Crippen molar-refractivity contribution < 1.29 is 8.78 Å². The minimum Gasteiger partial charge on any atom is -0.382 e. The Kier molecular flexibility index (Phi) is 3.35. The highest BCUT2D eigenvalue weighted by Gasteiger charge is 2.17. The van der Waals surface area contributed by atoms with Gasteiger partial charge in [0, 0.05) is 16.1 Å². The molecule has 3 rings (SSSR count). The summed E-state index contributed by atoms with van der Waals surface area (Å²) in [5.74, 6) is -1.61. The van der Waals surface area contributed by atoms with E-state index in [1.165, 1.54) is 6.07 Å². The maximum atomic E-state index is 13.4. The summed E-state index contributed by atoms with van der Waals surface area (Å²) >= 11 is 6.17. The predicted molar refractivity (Wildman–Crippen MR) is 78.8 cm³/mol. The number of nitrogen functional groups attached to an aromatic ring is 1. The number of nitrogens with zero attached hydrogens (tertiary/aromatic N) is 1. The van der Waals surface area contributed by atoms with E-state index in [9.17, 15) is 8.78 Å². The summed E-state index contributed by atoms with van der Waals surface area (Å²) in [6, 6.07) is 10.7. The number of nitrogens with two attached hydrogens (primary N) is 1. The Balaban J connectivity index is 2.22. The average molecular weight is 306 g/mol. The van der Waals surface area contributed by atoms with Gasteiger partial charge >= 0.3 is 0 Å². The number of nitrogens with one attached hydrogen (secondary N) is 1. The van der Waals surface area contributed by atoms with Crippen molar-refractivity contribution in [2.45, 2.75) is 0 Å². The van der Waals surface area contributed by atoms with Crippen LogP contribution in [0.15, 0.2) is 42.5 Å². The third kappa shape index (κ3) is 2.36. The van der Waals surface area contributed by atoms with Gasteiger partial charge in [-0.2, -0.15) is 5.10 Å². The minimum atomic E-state index is -0.939. The van der Waals surface area contributed by atoms with Gasteiger partial charge in [0.2, 0.25) is 0 Å². The fourth-order valence-corrected chi connectivity index (χ4v) is 2.38. The summed E-state index contributed by atoms with van der Waals surface area (Å²) in [7, 11) is 0. The van der Waals surface area contributed by atoms with E-state index in [4.69, 9.17) is 17.3 Å². The first-order chi connectivity index (χ1) is 10.1. The van der Waals surface area contributed by atoms with E-state index in [1.807, 2.05) is 6.07 Å². The molecule has 3 aromatic rings. The highest BCUT2D eigenvalue weighted by Crippen LogP contribution is 2.38. The van der Waals surface area contributed by atoms with Gasteiger partial charge in [-0.1, -0.05) is 29.8 Å². The van der Waals surface area contributed by atoms with Gasteiger partial charge < -0.3 is 5.73 Å². The summed E-state index contributed by atoms with van der Waals surface area (Å²) in [6.45, 7) is 0. The van der Waals surface area contributed by atoms with Gasteiger partial charge in [0.25, 0.3) is 0 Å². The second-order valence-electron chi connectivity index (χ2n) is 4.47. The summed E-state index contributed by atoms with van der Waals surface area (Å²) < 4.78 is 26.5. The van der Waals surface area contributed by atoms with Crippen LogP contribution in [-0.4, -0.2) is 10.2 Å². The third-order valence-corrected chi connectivity index (χ3v) is 3.48. The van der Waals surface area contributed by atoms with Crippen molar-refractivity contribution >= 4 is 17.4 Å². The van der Waals surface area contributed by atoms with Crippen LogP contribution in [0.1, 0.15) is 0 Å². The molecule has 21 heavy (non-hydrogen) atoms. The van der Waals surface area contributed by atoms with Crippen LogP contribution in [0, 0.1) is 11.6 Å². The molecule has 3 nitrogen and oxygen atoms in total. The first-order valence-electron chi connectivity index (χ1n) is 6.12. The minimum absolute atomic E-state index is 0.239. The van der Waals surface area contributed by atoms with Gasteiger partial charge in [-0.15, -0.1) is 0 Å². The summed E-state index contributed by atoms with van der Waals surface area (Å²) in [4.78, 5) is 0. The Labute approximate surface area is 124 Å². The Morgan fingerprint density at radius 2 is 1.81 bits per heavy atom. The summed E-state index contributed by atoms with van der Waals surface area (Å²) in [5, 5.41) is 7.18. The molecule has 0 aliphatic carbocycles. The number of aromatic amines is 1. The maximum Gasteiger partial charge on any atom is 0.159 e. The first kappa shape index (κ1) is 13.6. The molecular weight excluding hydrogens is 296 g/mol. The van der Waals surface area contributed by atoms with E-state index in [-0.39, 0.29) is 5.82 Å². The molecule has 1 aromatic heterocycles. The average Bonchev–Trinajstić information content (AvgIpc) is 2.84. The number of anilines is 1. The molecule has 0 spiro atoms. The topological polar surface area (TPSA) is 54.7 Å². The monoisotopic (exact) mass is 305 g/mol. The third-order valence-electron chi connectivity index (χ3n) is 3.15. The van der Waals surface area contributed by atoms with Crippen LogP contribution in [0.25, 0.3) is 22.4 Å². The molecule has 0 aliphatic heterocycles. The molecule has 0 fully saturated rings. The Morgan fingerprint density at radius 1 is 1.05 bits per heavy atom. The molecule has 0 saturated carbocycles. The number of benzene rings is 2. The van der Waals surface area contributed by atoms with Gasteiger partial charge in [-0.25, -0.2) is 8.78 Å². The molecule has 3 N–H and O–H groups in total. The quantitative estimate of drug-likeness (QED) is 0.743. The smallest absolute Gasteiger partial charge is 0.159 e. The van der Waals surface area contributed by atoms with Gasteiger partial charge in [-0.3, -0.25) is 5.10 Å². The van der Waals surface area contributed by atoms with Crippen molar-refractivity contribution in [1.29, 1.82) is 0 Å². The Hall–Kier alpha value is -2.40. The number of aromatic nitrogens is 2. The zero-order valence-electron chi connectivity index (χ0n) is 10.7. The van der Waals surface area contributed by atoms with Gasteiger partial charge in [-0.05, 0) is 24.3 Å². The van der Waals surface area contributed by atoms with Crippen LogP contribution in [-0.2, 0) is 0 Å². The molecule has 0 saturated heterocycles. The Morgan fingerprint density at radius 3 is 2.52 bits per heavy atom. The Bertz CT molecular complexity index is 814. The van der Waals surface area contributed by atoms with Crippen LogP contribution in [0.2, 0.25) is 5.02 Å². The molecule has 1 heterocycles. The zero-order valence-corrected chi connectivity index (χ0v) is 11.5. The lowest BCUT2D eigenvalue weighted by Gasteiger charge is -2.07. The highest BCUT2D eigenvalue weighted by molar-refractivity contribution is 6.33. The van der Waals surface area contributed by atoms with Crippen molar-refractivity contribution in [2.24, 2.45) is 0 Å². The molecular formula is C15H10ClF2N3. The number of hydrogen-bond acceptors (Lipinski definition) is 2. The molecule has 0 radical (unpaired) electrons. The van der Waals surface area contributed by atoms with Crippen LogP contribution >= 0.6 is 11.6 Å². The van der Waals surface area contributed by atoms with Crippen molar-refractivity contribution in [3.8, 4) is 22.4 Å². The van der Waals surface area contributed by atoms with Crippen molar-refractivity contribution in [3.63, 3.8) is 0 Å². The molecule has 0 aliphatic rings. The van der Waals surface area contributed by atoms with Crippen LogP contribution in [0.5, 0.6) is 0 Å². The molecule has 2 aromatic carbocycles. The van der Waals surface area contributed by atoms with E-state index in [0.29, 0.717) is 27.4 Å². The lowest BCUT2D eigenvalue weighted by Crippen LogP contribution is -1.90. The van der Waals surface area contributed by atoms with E-state index in [0.717, 1.165) is 12.1 Å². The van der Waals surface area contributed by atoms with Crippen molar-refractivity contribution in [2.75, 3.05) is 5.73 Å². The molecule has 106 valence electrons. The second-order valence-corrected chi connectivity index (χ2v) is 4.87. The number of rotatable bonds is 2. The van der Waals surface area contributed by atoms with Crippen LogP contribution in [0.3, 0.4) is 0 Å². The molecule has 0 bridgehead atoms. The van der Waals surface area contributed by atoms with E-state index >= 15 is 0 Å². The normalized spacial score (nSPS) is 10.8. The highest BCUT2D eigenvalue weighted by atomic mass is 35.5. The fourth-order valence-electron chi connectivity index (χ4n) is 2.15. The fraction of sp³-hybridized carbons (Fsp3) is 0. The van der Waals surface area contributed by atoms with Crippen molar-refractivity contribution in [3.05, 3.63) is 59.1 Å². The van der Waals surface area contributed by atoms with Gasteiger partial charge in [0.15, 0.2) is 17.5 Å². The van der Waals surface area contributed by atoms with Gasteiger partial charge in [0.05, 0.1) is 11.3 Å². The second kappa shape index (κ2) is 5.18. The predicted octanol–water partition coefficient (Wildman–Crippen LogP) is 4.26. The molecule has 6 heteroatoms. The molecule has 0 atom stereocenters. The number of hydrogen-bond donors (Lipinski definition) is 2. The lowest BCUT2D eigenvalue weighted by atomic mass is 10.0. The number of halogens is 3. The van der Waals surface area contributed by atoms with E-state index < -0.39 is 11.6 Å². The summed E-state index contributed by atoms with van der Waals surface area (Å²) in [6.07, 6.45) is 0. The standard InChI is InChI=1S/C15H10ClF2N3/c16-10-4-2-1-3-9(10)13-14(20-21-15(13)19)8-5-6-11(17)12(18)7-8/h1-7H,(H3,19,20,21). The van der Waals surface area contributed by atoms with Crippen LogP contribution < -0.4 is 5.73 Å². The van der Waals surface area contributed by atoms with E-state index in [1.54, 1.807) is 18.2 Å². The molecule has 0 unspecified atom stereocenters. The van der Waals surface area contributed by atoms with Crippen molar-refractivity contribution in [1.82, 2.24) is 10.2 Å². The van der Waals surface area contributed by atoms with E-state index in [2.05, 4.69) is 10.2 Å². The van der Waals surface area contributed by atoms with Crippen LogP contribution in [0.4, 0.5) is 14.6 Å². The lowest BCUT2D eigenvalue weighted by molar-refractivity contribution is 0.509. The molecule has 0 amide bonds. The maximum absolute atomic E-state index is 13.4. The largest absolute Gasteiger partial charge is 0.382 e. The first-order valence-corrected chi connectivity index (χ1v) is 6.50. The number of H-pyrrole nitrogens is 1. The zero-order chi connectivity index (χ0) is 15.0. The van der Waals surface area contributed by atoms with Gasteiger partial charge in [0.1, 0.15) is 0 Å². The SMILES string of the molecule is Nc1n[nH]c(-c2ccc(F)c(F)c2)c1-c1ccccc1Cl. The summed E-state index contributed by atoms with van der Waals surface area (Å²) in [5.41, 5.74) is 8.04.